The van der Waals surface area contributed by atoms with Crippen LogP contribution in [-0.4, -0.2) is 179 Å². The van der Waals surface area contributed by atoms with Gasteiger partial charge >= 0.3 is 20.2 Å². The van der Waals surface area contributed by atoms with Gasteiger partial charge in [-0.1, -0.05) is 84.3 Å². The van der Waals surface area contributed by atoms with Crippen LogP contribution in [0, 0.1) is 34.9 Å². The minimum atomic E-state index is -3.98. The van der Waals surface area contributed by atoms with Gasteiger partial charge in [0.05, 0.1) is 133 Å². The molecular formula is C91H80B2BrCl5F6N17O15S3+. The number of aromatic amines is 2. The normalized spacial score (nSPS) is 14.5. The van der Waals surface area contributed by atoms with E-state index in [1.54, 1.807) is 130 Å². The summed E-state index contributed by atoms with van der Waals surface area (Å²) in [4.78, 5) is 99.9. The fraction of sp³-hybridized carbons (Fsp3) is 0.231. The summed E-state index contributed by atoms with van der Waals surface area (Å²) in [6, 6.07) is 20.9. The zero-order valence-electron chi connectivity index (χ0n) is 75.5. The number of carbonyl (C=O) groups excluding carboxylic acids is 5. The number of aliphatic imine (C=N–C) groups is 2. The molecule has 0 aliphatic carbocycles. The van der Waals surface area contributed by atoms with Crippen LogP contribution in [0.5, 0.6) is 0 Å². The van der Waals surface area contributed by atoms with E-state index in [9.17, 15) is 58.0 Å². The number of carbonyl (C=O) groups is 5. The van der Waals surface area contributed by atoms with Crippen LogP contribution in [0.2, 0.25) is 20.1 Å². The van der Waals surface area contributed by atoms with Gasteiger partial charge in [-0.15, -0.1) is 4.68 Å². The fourth-order valence-electron chi connectivity index (χ4n) is 13.9. The Morgan fingerprint density at radius 1 is 0.479 bits per heavy atom. The van der Waals surface area contributed by atoms with E-state index in [1.165, 1.54) is 41.5 Å². The third-order valence-electron chi connectivity index (χ3n) is 22.2. The molecule has 0 saturated carbocycles. The van der Waals surface area contributed by atoms with Gasteiger partial charge in [0.25, 0.3) is 11.1 Å². The summed E-state index contributed by atoms with van der Waals surface area (Å²) < 4.78 is 199. The number of halogens is 12. The Kier molecular flexibility index (Phi) is 32.0. The van der Waals surface area contributed by atoms with Crippen molar-refractivity contribution >= 4 is 220 Å². The Morgan fingerprint density at radius 2 is 0.893 bits per heavy atom. The first-order valence-corrected chi connectivity index (χ1v) is 49.7. The van der Waals surface area contributed by atoms with E-state index in [0.717, 1.165) is 51.6 Å². The van der Waals surface area contributed by atoms with Crippen LogP contribution < -0.4 is 25.1 Å². The number of fused-ring (bicyclic) bond motifs is 3. The number of anilines is 3. The Balaban J connectivity index is 0.000000159. The third kappa shape index (κ3) is 23.1. The average molecular weight is 2140 g/mol. The number of pyridine rings is 3. The van der Waals surface area contributed by atoms with Crippen molar-refractivity contribution in [2.24, 2.45) is 9.98 Å². The Hall–Kier alpha value is -12.3. The molecule has 2 saturated heterocycles. The maximum absolute atomic E-state index is 15.7. The summed E-state index contributed by atoms with van der Waals surface area (Å²) in [7, 11) is -13.4. The van der Waals surface area contributed by atoms with Crippen molar-refractivity contribution in [2.45, 2.75) is 118 Å². The number of rotatable bonds is 24. The van der Waals surface area contributed by atoms with Gasteiger partial charge in [0.1, 0.15) is 46.7 Å². The highest BCUT2D eigenvalue weighted by Crippen LogP contribution is 2.41. The Bertz CT molecular complexity index is 7640. The molecule has 0 amide bonds. The van der Waals surface area contributed by atoms with Crippen molar-refractivity contribution in [2.75, 3.05) is 31.4 Å². The predicted octanol–water partition coefficient (Wildman–Crippen LogP) is 18.1. The number of nitrogens with zero attached hydrogens (tertiary/aromatic N) is 12. The number of sulfonamides is 3. The first kappa shape index (κ1) is 105. The number of benzene rings is 5. The lowest BCUT2D eigenvalue weighted by Gasteiger charge is -2.32. The van der Waals surface area contributed by atoms with E-state index in [-0.39, 0.29) is 82.6 Å². The second-order valence-electron chi connectivity index (χ2n) is 33.1. The molecule has 0 spiro atoms. The molecule has 9 aromatic heterocycles. The molecule has 0 bridgehead atoms. The molecule has 0 unspecified atom stereocenters. The molecular weight excluding hydrogens is 2060 g/mol. The van der Waals surface area contributed by atoms with E-state index >= 15 is 17.6 Å². The molecule has 32 nitrogen and oxygen atoms in total. The molecule has 5 aromatic carbocycles. The summed E-state index contributed by atoms with van der Waals surface area (Å²) in [6.45, 7) is 19.9. The molecule has 5 N–H and O–H groups in total. The van der Waals surface area contributed by atoms with Crippen LogP contribution >= 0.6 is 73.9 Å². The van der Waals surface area contributed by atoms with Crippen LogP contribution in [0.4, 0.5) is 43.4 Å². The Labute approximate surface area is 831 Å². The summed E-state index contributed by atoms with van der Waals surface area (Å²) in [5, 5.41) is 8.90. The molecule has 3 aliphatic heterocycles. The first-order valence-electron chi connectivity index (χ1n) is 42.1. The molecule has 2 fully saturated rings. The van der Waals surface area contributed by atoms with Crippen molar-refractivity contribution in [3.8, 4) is 17.1 Å². The topological polar surface area (TPSA) is 422 Å². The largest absolute Gasteiger partial charge is 0.496 e. The zero-order chi connectivity index (χ0) is 102. The van der Waals surface area contributed by atoms with E-state index in [4.69, 9.17) is 76.6 Å². The van der Waals surface area contributed by atoms with Gasteiger partial charge in [-0.05, 0) is 192 Å². The maximum Gasteiger partial charge on any atom is 0.496 e. The van der Waals surface area contributed by atoms with E-state index in [1.807, 2.05) is 55.4 Å². The van der Waals surface area contributed by atoms with Crippen LogP contribution in [0.3, 0.4) is 0 Å². The third-order valence-corrected chi connectivity index (χ3v) is 28.5. The predicted molar refractivity (Wildman–Crippen MR) is 526 cm³/mol. The quantitative estimate of drug-likeness (QED) is 0.0123. The highest BCUT2D eigenvalue weighted by atomic mass is 79.9. The molecule has 14 aromatic rings. The van der Waals surface area contributed by atoms with E-state index < -0.39 is 164 Å². The molecule has 49 heteroatoms. The standard InChI is InChI=1S/C30H28BCl2F2N3O6S.C24H19F2N7O3S.C23H26BF2N3O5S.C7H4BrN4.C7H3Cl3O/c1-6-12-45(41,42)37-22-11-10-21(34)24(25(22)35)26(39)18-15-38(28(40)23-19(32)8-7-9-20(23)33)27-17(18)13-16(14-36-27)31-43-29(2,3)30(4,5)44-31;1-2-8-37(35,36)32-19-5-4-18(25)20(21(19)26)22(34)17-12-30-23-16(17)9-14(10-29-23)15-11-31-33(13-15)24-27-6-3-7-28-24;1-6-9-35(31,32)29-17-8-7-16(25)18(19(17)26)20(30)15-12-28-21-14(15)10-13(11-27-21)24-33-22(2,3)23(4,5)34-24;8-6-4-11-12(5-6)7-9-2-1-3-10-7;8-4-2-1-3-5(9)6(4)7(10)11/h7-11,13-15,37H,6,12H2,1-5H3;3-7,9-13,32H,2,8H2,1H3,(H,29,30);7-8,10-12,29H,6,9H2,1-5H3,(H,27,28);1-2,4-5H;1-3H/q;;;+1;. The number of hydrogen-bond acceptors (Lipinski definition) is 24. The molecule has 726 valence electrons. The van der Waals surface area contributed by atoms with Crippen molar-refractivity contribution < 1.29 is 94.2 Å². The minimum Gasteiger partial charge on any atom is -0.399 e. The smallest absolute Gasteiger partial charge is 0.399 e. The lowest BCUT2D eigenvalue weighted by atomic mass is 9.79. The second kappa shape index (κ2) is 42.7. The van der Waals surface area contributed by atoms with Crippen molar-refractivity contribution in [1.29, 1.82) is 0 Å². The molecule has 0 atom stereocenters. The fourth-order valence-corrected chi connectivity index (χ4v) is 19.0. The SMILES string of the molecule is Brc1cnn(C2=NC=C[C+]=N2)c1.CCCS(=O)(=O)Nc1ccc(F)c(C(=O)c2c[nH]c3ncc(-c4cnn(-c5ncccn5)c4)cc23)c1F.CCCS(=O)(=O)Nc1ccc(F)c(C(=O)c2c[nH]c3ncc(B4OC(C)(C)C(C)(C)O4)cc23)c1F.CCCS(=O)(=O)Nc1ccc(F)c(C(=O)c2cn(C(=O)c3c(Cl)cccc3Cl)c3ncc(B4OC(C)(C)C(C)(C)O4)cc23)c1F.O=C(Cl)c1c(Cl)cccc1Cl. The van der Waals surface area contributed by atoms with Gasteiger partial charge in [-0.2, -0.15) is 10.2 Å². The molecule has 3 aliphatic rings. The molecule has 12 heterocycles. The minimum absolute atomic E-state index is 0.0280. The first-order chi connectivity index (χ1) is 66.0. The van der Waals surface area contributed by atoms with Crippen molar-refractivity contribution in [3.63, 3.8) is 0 Å². The van der Waals surface area contributed by atoms with Crippen LogP contribution in [-0.2, 0) is 48.7 Å². The monoisotopic (exact) mass is 2140 g/mol. The summed E-state index contributed by atoms with van der Waals surface area (Å²) in [5.41, 5.74) is -4.56. The summed E-state index contributed by atoms with van der Waals surface area (Å²) in [5.74, 6) is -11.3. The number of H-pyrrole nitrogens is 2. The molecule has 0 radical (unpaired) electrons. The number of hydrogen-bond donors (Lipinski definition) is 5. The number of ketones is 3. The van der Waals surface area contributed by atoms with Gasteiger partial charge in [0.15, 0.2) is 23.7 Å². The molecule has 17 rings (SSSR count). The summed E-state index contributed by atoms with van der Waals surface area (Å²) in [6.07, 6.45) is 24.9. The Morgan fingerprint density at radius 3 is 1.31 bits per heavy atom. The van der Waals surface area contributed by atoms with E-state index in [0.29, 0.717) is 68.9 Å². The van der Waals surface area contributed by atoms with Gasteiger partial charge in [-0.25, -0.2) is 81.2 Å². The van der Waals surface area contributed by atoms with Gasteiger partial charge in [-0.3, -0.25) is 42.7 Å². The summed E-state index contributed by atoms with van der Waals surface area (Å²) >= 11 is 32.3. The number of nitrogens with one attached hydrogen (secondary N) is 5. The maximum atomic E-state index is 15.7. The highest BCUT2D eigenvalue weighted by molar-refractivity contribution is 9.10. The van der Waals surface area contributed by atoms with Crippen molar-refractivity contribution in [1.82, 2.24) is 59.0 Å². The van der Waals surface area contributed by atoms with E-state index in [2.05, 4.69) is 91.4 Å². The van der Waals surface area contributed by atoms with Crippen molar-refractivity contribution in [3.05, 3.63) is 288 Å². The number of aromatic nitrogens is 12. The van der Waals surface area contributed by atoms with Gasteiger partial charge in [0, 0.05) is 105 Å². The van der Waals surface area contributed by atoms with Gasteiger partial charge < -0.3 is 28.6 Å². The number of allylic oxidation sites excluding steroid dienone is 1. The van der Waals surface area contributed by atoms with Crippen LogP contribution in [0.25, 0.3) is 50.2 Å². The zero-order valence-corrected chi connectivity index (χ0v) is 83.3. The average Bonchev–Trinajstić information content (AvgIpc) is 1.60. The lowest BCUT2D eigenvalue weighted by molar-refractivity contribution is 0.00578. The lowest BCUT2D eigenvalue weighted by Crippen LogP contribution is -2.41. The molecule has 140 heavy (non-hydrogen) atoms. The highest BCUT2D eigenvalue weighted by Gasteiger charge is 2.53. The van der Waals surface area contributed by atoms with Gasteiger partial charge in [0.2, 0.25) is 53.4 Å². The van der Waals surface area contributed by atoms with Crippen LogP contribution in [0.15, 0.2) is 198 Å². The second-order valence-corrected chi connectivity index (χ2v) is 41.5. The van der Waals surface area contributed by atoms with Crippen LogP contribution in [0.1, 0.15) is 164 Å².